The molecule has 6 heteroatoms. The zero-order chi connectivity index (χ0) is 13.1. The highest BCUT2D eigenvalue weighted by Gasteiger charge is 2.30. The number of methoxy groups -OCH3 is 1. The second-order valence-electron chi connectivity index (χ2n) is 4.33. The molecule has 1 N–H and O–H groups in total. The zero-order valence-electron chi connectivity index (χ0n) is 10.8. The summed E-state index contributed by atoms with van der Waals surface area (Å²) in [7, 11) is 1.61. The molecule has 1 aliphatic heterocycles. The fourth-order valence-electron chi connectivity index (χ4n) is 1.98. The summed E-state index contributed by atoms with van der Waals surface area (Å²) in [4.78, 5) is 20.3. The molecule has 1 aromatic heterocycles. The van der Waals surface area contributed by atoms with E-state index in [4.69, 9.17) is 9.47 Å². The molecule has 98 valence electrons. The molecule has 1 aromatic rings. The summed E-state index contributed by atoms with van der Waals surface area (Å²) in [6.45, 7) is 4.57. The Bertz CT molecular complexity index is 430. The van der Waals surface area contributed by atoms with Crippen molar-refractivity contribution in [3.8, 4) is 0 Å². The highest BCUT2D eigenvalue weighted by molar-refractivity contribution is 5.92. The van der Waals surface area contributed by atoms with Gasteiger partial charge in [0.1, 0.15) is 17.6 Å². The van der Waals surface area contributed by atoms with E-state index >= 15 is 0 Å². The van der Waals surface area contributed by atoms with Gasteiger partial charge in [0.15, 0.2) is 0 Å². The molecule has 2 heterocycles. The lowest BCUT2D eigenvalue weighted by Crippen LogP contribution is -2.43. The van der Waals surface area contributed by atoms with Crippen LogP contribution < -0.4 is 5.32 Å². The van der Waals surface area contributed by atoms with Crippen LogP contribution in [-0.4, -0.2) is 48.3 Å². The van der Waals surface area contributed by atoms with Gasteiger partial charge in [-0.15, -0.1) is 0 Å². The third kappa shape index (κ3) is 2.83. The fraction of sp³-hybridized carbons (Fsp3) is 0.583. The summed E-state index contributed by atoms with van der Waals surface area (Å²) in [6, 6.07) is 1.54. The van der Waals surface area contributed by atoms with Crippen LogP contribution >= 0.6 is 0 Å². The number of carbonyl (C=O) groups is 1. The van der Waals surface area contributed by atoms with Crippen LogP contribution in [-0.2, 0) is 9.47 Å². The number of nitrogens with zero attached hydrogens (tertiary/aromatic N) is 2. The third-order valence-corrected chi connectivity index (χ3v) is 2.85. The van der Waals surface area contributed by atoms with Crippen LogP contribution in [0.5, 0.6) is 0 Å². The van der Waals surface area contributed by atoms with Gasteiger partial charge >= 0.3 is 0 Å². The number of rotatable bonds is 3. The Morgan fingerprint density at radius 3 is 2.89 bits per heavy atom. The molecule has 1 saturated heterocycles. The van der Waals surface area contributed by atoms with E-state index in [1.165, 1.54) is 0 Å². The van der Waals surface area contributed by atoms with Gasteiger partial charge < -0.3 is 14.8 Å². The molecule has 18 heavy (non-hydrogen) atoms. The van der Waals surface area contributed by atoms with Gasteiger partial charge in [0.05, 0.1) is 19.3 Å². The molecule has 0 aromatic carbocycles. The summed E-state index contributed by atoms with van der Waals surface area (Å²) in [5.41, 5.74) is 1.15. The van der Waals surface area contributed by atoms with Crippen molar-refractivity contribution < 1.29 is 14.3 Å². The van der Waals surface area contributed by atoms with Crippen molar-refractivity contribution in [2.24, 2.45) is 0 Å². The lowest BCUT2D eigenvalue weighted by molar-refractivity contribution is 0.0683. The van der Waals surface area contributed by atoms with Crippen molar-refractivity contribution in [1.29, 1.82) is 0 Å². The Morgan fingerprint density at radius 1 is 1.44 bits per heavy atom. The van der Waals surface area contributed by atoms with Crippen molar-refractivity contribution >= 4 is 5.91 Å². The molecular formula is C12H17N3O3. The summed E-state index contributed by atoms with van der Waals surface area (Å²) in [6.07, 6.45) is -0.0991. The van der Waals surface area contributed by atoms with Gasteiger partial charge in [0.25, 0.3) is 5.91 Å². The van der Waals surface area contributed by atoms with Crippen molar-refractivity contribution in [3.63, 3.8) is 0 Å². The molecule has 1 fully saturated rings. The van der Waals surface area contributed by atoms with E-state index in [0.29, 0.717) is 24.7 Å². The summed E-state index contributed by atoms with van der Waals surface area (Å²) in [5, 5.41) is 2.87. The number of hydrogen-bond acceptors (Lipinski definition) is 5. The lowest BCUT2D eigenvalue weighted by Gasteiger charge is -2.17. The van der Waals surface area contributed by atoms with Gasteiger partial charge in [-0.3, -0.25) is 4.79 Å². The van der Waals surface area contributed by atoms with Crippen LogP contribution in [0.4, 0.5) is 0 Å². The maximum atomic E-state index is 12.1. The molecule has 1 aliphatic rings. The van der Waals surface area contributed by atoms with Gasteiger partial charge in [0.2, 0.25) is 0 Å². The third-order valence-electron chi connectivity index (χ3n) is 2.85. The molecule has 0 unspecified atom stereocenters. The Kier molecular flexibility index (Phi) is 3.88. The SMILES string of the molecule is CO[C@H]1COC[C@@H]1NC(=O)c1cc(C)nc(C)n1. The monoisotopic (exact) mass is 251 g/mol. The number of amides is 1. The zero-order valence-corrected chi connectivity index (χ0v) is 10.8. The molecule has 0 bridgehead atoms. The molecule has 0 aliphatic carbocycles. The van der Waals surface area contributed by atoms with Gasteiger partial charge in [-0.2, -0.15) is 0 Å². The smallest absolute Gasteiger partial charge is 0.270 e. The molecule has 6 nitrogen and oxygen atoms in total. The molecule has 2 rings (SSSR count). The summed E-state index contributed by atoms with van der Waals surface area (Å²) >= 11 is 0. The van der Waals surface area contributed by atoms with E-state index in [2.05, 4.69) is 15.3 Å². The van der Waals surface area contributed by atoms with E-state index in [0.717, 1.165) is 5.69 Å². The van der Waals surface area contributed by atoms with E-state index in [1.807, 2.05) is 6.92 Å². The Labute approximate surface area is 106 Å². The number of ether oxygens (including phenoxy) is 2. The van der Waals surface area contributed by atoms with E-state index < -0.39 is 0 Å². The molecule has 2 atom stereocenters. The molecule has 0 saturated carbocycles. The molecule has 0 spiro atoms. The van der Waals surface area contributed by atoms with Gasteiger partial charge in [-0.1, -0.05) is 0 Å². The normalized spacial score (nSPS) is 23.1. The maximum absolute atomic E-state index is 12.1. The van der Waals surface area contributed by atoms with Crippen molar-refractivity contribution in [2.45, 2.75) is 26.0 Å². The van der Waals surface area contributed by atoms with Crippen LogP contribution in [0.15, 0.2) is 6.07 Å². The lowest BCUT2D eigenvalue weighted by atomic mass is 10.2. The van der Waals surface area contributed by atoms with Crippen molar-refractivity contribution in [1.82, 2.24) is 15.3 Å². The van der Waals surface area contributed by atoms with E-state index in [9.17, 15) is 4.79 Å². The predicted molar refractivity (Wildman–Crippen MR) is 64.4 cm³/mol. The average Bonchev–Trinajstić information content (AvgIpc) is 2.75. The second kappa shape index (κ2) is 5.41. The first-order valence-electron chi connectivity index (χ1n) is 5.84. The van der Waals surface area contributed by atoms with Crippen LogP contribution in [0.25, 0.3) is 0 Å². The number of aromatic nitrogens is 2. The van der Waals surface area contributed by atoms with Crippen molar-refractivity contribution in [2.75, 3.05) is 20.3 Å². The topological polar surface area (TPSA) is 73.3 Å². The standard InChI is InChI=1S/C12H17N3O3/c1-7-4-9(14-8(2)13-7)12(16)15-10-5-18-6-11(10)17-3/h4,10-11H,5-6H2,1-3H3,(H,15,16)/t10-,11-/m0/s1. The van der Waals surface area contributed by atoms with Crippen LogP contribution in [0.2, 0.25) is 0 Å². The first kappa shape index (κ1) is 12.9. The molecule has 0 radical (unpaired) electrons. The number of aryl methyl sites for hydroxylation is 2. The largest absolute Gasteiger partial charge is 0.377 e. The fourth-order valence-corrected chi connectivity index (χ4v) is 1.98. The van der Waals surface area contributed by atoms with Crippen LogP contribution in [0, 0.1) is 13.8 Å². The molecule has 1 amide bonds. The average molecular weight is 251 g/mol. The molecular weight excluding hydrogens is 234 g/mol. The van der Waals surface area contributed by atoms with E-state index in [-0.39, 0.29) is 18.1 Å². The Hall–Kier alpha value is -1.53. The number of hydrogen-bond donors (Lipinski definition) is 1. The highest BCUT2D eigenvalue weighted by Crippen LogP contribution is 2.10. The minimum absolute atomic E-state index is 0.0991. The Morgan fingerprint density at radius 2 is 2.22 bits per heavy atom. The van der Waals surface area contributed by atoms with Gasteiger partial charge in [-0.25, -0.2) is 9.97 Å². The predicted octanol–water partition coefficient (Wildman–Crippen LogP) is 0.237. The first-order chi connectivity index (χ1) is 8.60. The van der Waals surface area contributed by atoms with Gasteiger partial charge in [0, 0.05) is 12.8 Å². The highest BCUT2D eigenvalue weighted by atomic mass is 16.5. The number of nitrogens with one attached hydrogen (secondary N) is 1. The number of carbonyl (C=O) groups excluding carboxylic acids is 1. The first-order valence-corrected chi connectivity index (χ1v) is 5.84. The van der Waals surface area contributed by atoms with Gasteiger partial charge in [-0.05, 0) is 19.9 Å². The maximum Gasteiger partial charge on any atom is 0.270 e. The van der Waals surface area contributed by atoms with Crippen LogP contribution in [0.1, 0.15) is 22.0 Å². The quantitative estimate of drug-likeness (QED) is 0.833. The van der Waals surface area contributed by atoms with Crippen molar-refractivity contribution in [3.05, 3.63) is 23.3 Å². The second-order valence-corrected chi connectivity index (χ2v) is 4.33. The summed E-state index contributed by atoms with van der Waals surface area (Å²) in [5.74, 6) is 0.368. The summed E-state index contributed by atoms with van der Waals surface area (Å²) < 4.78 is 10.5. The Balaban J connectivity index is 2.07. The minimum atomic E-state index is -0.221. The minimum Gasteiger partial charge on any atom is -0.377 e. The van der Waals surface area contributed by atoms with Crippen LogP contribution in [0.3, 0.4) is 0 Å². The van der Waals surface area contributed by atoms with E-state index in [1.54, 1.807) is 20.1 Å².